The van der Waals surface area contributed by atoms with Crippen molar-refractivity contribution in [1.82, 2.24) is 10.1 Å². The van der Waals surface area contributed by atoms with E-state index in [1.807, 2.05) is 74.6 Å². The smallest absolute Gasteiger partial charge is 0.147 e. The highest BCUT2D eigenvalue weighted by Gasteiger charge is 2.36. The van der Waals surface area contributed by atoms with E-state index in [0.717, 1.165) is 76.8 Å². The maximum atomic E-state index is 11.6. The second-order valence-corrected chi connectivity index (χ2v) is 11.0. The highest BCUT2D eigenvalue weighted by atomic mass is 35.5. The number of rotatable bonds is 7. The molecule has 0 spiro atoms. The predicted molar refractivity (Wildman–Crippen MR) is 149 cm³/mol. The number of aryl methyl sites for hydroxylation is 2. The Morgan fingerprint density at radius 1 is 1.05 bits per heavy atom. The second-order valence-electron chi connectivity index (χ2n) is 10.6. The Bertz CT molecular complexity index is 1420. The zero-order valence-corrected chi connectivity index (χ0v) is 22.5. The Balaban J connectivity index is 1.19. The molecule has 0 atom stereocenters. The zero-order valence-electron chi connectivity index (χ0n) is 21.8. The number of ether oxygens (including phenoxy) is 1. The normalized spacial score (nSPS) is 17.0. The van der Waals surface area contributed by atoms with Crippen LogP contribution in [0, 0.1) is 13.8 Å². The summed E-state index contributed by atoms with van der Waals surface area (Å²) < 4.78 is 12.1. The Labute approximate surface area is 228 Å². The first-order valence-electron chi connectivity index (χ1n) is 13.3. The molecule has 1 saturated carbocycles. The van der Waals surface area contributed by atoms with Gasteiger partial charge in [-0.1, -0.05) is 41.0 Å². The molecule has 0 unspecified atom stereocenters. The summed E-state index contributed by atoms with van der Waals surface area (Å²) in [6, 6.07) is 17.8. The summed E-state index contributed by atoms with van der Waals surface area (Å²) in [6.45, 7) is 5.93. The van der Waals surface area contributed by atoms with Crippen LogP contribution in [-0.4, -0.2) is 28.3 Å². The molecule has 2 aromatic carbocycles. The van der Waals surface area contributed by atoms with Crippen molar-refractivity contribution >= 4 is 17.4 Å². The molecule has 38 heavy (non-hydrogen) atoms. The summed E-state index contributed by atoms with van der Waals surface area (Å²) >= 11 is 6.57. The lowest BCUT2D eigenvalue weighted by atomic mass is 9.82. The van der Waals surface area contributed by atoms with Gasteiger partial charge in [0.05, 0.1) is 16.2 Å². The van der Waals surface area contributed by atoms with Crippen LogP contribution in [-0.2, 0) is 12.2 Å². The van der Waals surface area contributed by atoms with E-state index in [2.05, 4.69) is 15.0 Å². The second kappa shape index (κ2) is 10.1. The summed E-state index contributed by atoms with van der Waals surface area (Å²) in [5, 5.41) is 16.6. The van der Waals surface area contributed by atoms with Gasteiger partial charge in [-0.05, 0) is 86.6 Å². The number of benzene rings is 2. The molecule has 7 heteroatoms. The number of hydrogen-bond acceptors (Lipinski definition) is 6. The Morgan fingerprint density at radius 3 is 2.55 bits per heavy atom. The van der Waals surface area contributed by atoms with Crippen LogP contribution in [0.1, 0.15) is 59.6 Å². The van der Waals surface area contributed by atoms with Crippen molar-refractivity contribution in [2.24, 2.45) is 0 Å². The van der Waals surface area contributed by atoms with E-state index >= 15 is 0 Å². The molecule has 0 bridgehead atoms. The Morgan fingerprint density at radius 2 is 1.87 bits per heavy atom. The average Bonchev–Trinajstić information content (AvgIpc) is 3.68. The van der Waals surface area contributed by atoms with Crippen LogP contribution >= 0.6 is 11.6 Å². The Kier molecular flexibility index (Phi) is 6.62. The third kappa shape index (κ3) is 4.79. The van der Waals surface area contributed by atoms with Crippen LogP contribution in [0.4, 0.5) is 5.82 Å². The molecule has 1 aliphatic heterocycles. The van der Waals surface area contributed by atoms with Gasteiger partial charge in [-0.15, -0.1) is 0 Å². The molecule has 1 N–H and O–H groups in total. The first-order chi connectivity index (χ1) is 18.4. The van der Waals surface area contributed by atoms with Crippen molar-refractivity contribution in [3.63, 3.8) is 0 Å². The van der Waals surface area contributed by atoms with E-state index < -0.39 is 5.60 Å². The summed E-state index contributed by atoms with van der Waals surface area (Å²) in [5.74, 6) is 3.01. The number of nitrogens with zero attached hydrogens (tertiary/aromatic N) is 3. The van der Waals surface area contributed by atoms with Crippen molar-refractivity contribution < 1.29 is 14.4 Å². The summed E-state index contributed by atoms with van der Waals surface area (Å²) in [4.78, 5) is 6.69. The van der Waals surface area contributed by atoms with Crippen LogP contribution in [0.2, 0.25) is 5.02 Å². The highest BCUT2D eigenvalue weighted by Crippen LogP contribution is 2.45. The van der Waals surface area contributed by atoms with Crippen LogP contribution in [0.15, 0.2) is 65.3 Å². The van der Waals surface area contributed by atoms with Gasteiger partial charge in [0.1, 0.15) is 29.6 Å². The number of hydrogen-bond donors (Lipinski definition) is 1. The molecule has 3 heterocycles. The van der Waals surface area contributed by atoms with Crippen molar-refractivity contribution in [3.05, 3.63) is 93.8 Å². The standard InChI is InChI=1S/C31H32ClN3O3/c1-20-6-5-7-26(32)28(20)29-24(30(38-34-29)22-9-10-22)19-37-23-11-12-25(21(2)18-23)31(36)13-16-35(17-14-31)27-8-3-4-15-33-27/h3-8,11-12,15,18,22,36H,9-10,13-14,16-17,19H2,1-2H3. The molecule has 6 nitrogen and oxygen atoms in total. The highest BCUT2D eigenvalue weighted by molar-refractivity contribution is 6.33. The van der Waals surface area contributed by atoms with E-state index in [-0.39, 0.29) is 0 Å². The molecule has 0 amide bonds. The van der Waals surface area contributed by atoms with Gasteiger partial charge in [0.25, 0.3) is 0 Å². The number of piperidine rings is 1. The maximum absolute atomic E-state index is 11.6. The molecule has 2 fully saturated rings. The first-order valence-corrected chi connectivity index (χ1v) is 13.7. The van der Waals surface area contributed by atoms with E-state index in [1.165, 1.54) is 0 Å². The predicted octanol–water partition coefficient (Wildman–Crippen LogP) is 6.95. The van der Waals surface area contributed by atoms with Gasteiger partial charge < -0.3 is 19.3 Å². The third-order valence-electron chi connectivity index (χ3n) is 7.87. The molecule has 6 rings (SSSR count). The van der Waals surface area contributed by atoms with Gasteiger partial charge >= 0.3 is 0 Å². The minimum absolute atomic E-state index is 0.345. The SMILES string of the molecule is Cc1cc(OCc2c(-c3c(C)cccc3Cl)noc2C2CC2)ccc1C1(O)CCN(c2ccccn2)CC1. The molecule has 1 saturated heterocycles. The average molecular weight is 530 g/mol. The minimum atomic E-state index is -0.865. The fourth-order valence-corrected chi connectivity index (χ4v) is 5.89. The van der Waals surface area contributed by atoms with Crippen molar-refractivity contribution in [3.8, 4) is 17.0 Å². The molecule has 196 valence electrons. The number of halogens is 1. The largest absolute Gasteiger partial charge is 0.489 e. The van der Waals surface area contributed by atoms with Crippen molar-refractivity contribution in [2.75, 3.05) is 18.0 Å². The molecule has 2 aliphatic rings. The fraction of sp³-hybridized carbons (Fsp3) is 0.355. The number of anilines is 1. The van der Waals surface area contributed by atoms with Gasteiger partial charge in [0.2, 0.25) is 0 Å². The Hall–Kier alpha value is -3.35. The van der Waals surface area contributed by atoms with Gasteiger partial charge in [0.15, 0.2) is 0 Å². The molecule has 2 aromatic heterocycles. The minimum Gasteiger partial charge on any atom is -0.489 e. The molecular weight excluding hydrogens is 498 g/mol. The molecule has 0 radical (unpaired) electrons. The summed E-state index contributed by atoms with van der Waals surface area (Å²) in [5.41, 5.74) is 4.79. The molecule has 1 aliphatic carbocycles. The van der Waals surface area contributed by atoms with Gasteiger partial charge in [0, 0.05) is 30.8 Å². The quantitative estimate of drug-likeness (QED) is 0.279. The topological polar surface area (TPSA) is 71.6 Å². The van der Waals surface area contributed by atoms with Gasteiger partial charge in [-0.3, -0.25) is 0 Å². The van der Waals surface area contributed by atoms with Crippen LogP contribution in [0.25, 0.3) is 11.3 Å². The van der Waals surface area contributed by atoms with Crippen LogP contribution < -0.4 is 9.64 Å². The lowest BCUT2D eigenvalue weighted by Crippen LogP contribution is -2.43. The van der Waals surface area contributed by atoms with E-state index in [1.54, 1.807) is 0 Å². The van der Waals surface area contributed by atoms with Gasteiger partial charge in [-0.2, -0.15) is 0 Å². The monoisotopic (exact) mass is 529 g/mol. The first kappa shape index (κ1) is 25.0. The number of pyridine rings is 1. The summed E-state index contributed by atoms with van der Waals surface area (Å²) in [7, 11) is 0. The fourth-order valence-electron chi connectivity index (χ4n) is 5.58. The van der Waals surface area contributed by atoms with Gasteiger partial charge in [-0.25, -0.2) is 4.98 Å². The lowest BCUT2D eigenvalue weighted by molar-refractivity contribution is 0.0110. The lowest BCUT2D eigenvalue weighted by Gasteiger charge is -2.39. The third-order valence-corrected chi connectivity index (χ3v) is 8.19. The van der Waals surface area contributed by atoms with E-state index in [0.29, 0.717) is 30.4 Å². The zero-order chi connectivity index (χ0) is 26.3. The summed E-state index contributed by atoms with van der Waals surface area (Å²) in [6.07, 6.45) is 5.32. The van der Waals surface area contributed by atoms with Crippen molar-refractivity contribution in [1.29, 1.82) is 0 Å². The molecular formula is C31H32ClN3O3. The van der Waals surface area contributed by atoms with E-state index in [4.69, 9.17) is 20.9 Å². The van der Waals surface area contributed by atoms with Crippen molar-refractivity contribution in [2.45, 2.75) is 57.7 Å². The number of aromatic nitrogens is 2. The molecule has 4 aromatic rings. The van der Waals surface area contributed by atoms with E-state index in [9.17, 15) is 5.11 Å². The van der Waals surface area contributed by atoms with Crippen LogP contribution in [0.3, 0.4) is 0 Å². The number of aliphatic hydroxyl groups is 1. The van der Waals surface area contributed by atoms with Crippen LogP contribution in [0.5, 0.6) is 5.75 Å². The maximum Gasteiger partial charge on any atom is 0.147 e.